The third-order valence-electron chi connectivity index (χ3n) is 15.9. The van der Waals surface area contributed by atoms with Crippen molar-refractivity contribution in [1.82, 2.24) is 9.55 Å². The largest absolute Gasteiger partial charge is 0.457 e. The summed E-state index contributed by atoms with van der Waals surface area (Å²) in [6, 6.07) is 57.1. The Morgan fingerprint density at radius 3 is 1.74 bits per heavy atom. The Balaban J connectivity index is 1.13. The molecule has 0 spiro atoms. The Bertz CT molecular complexity index is 3570. The van der Waals surface area contributed by atoms with Crippen LogP contribution in [0, 0.1) is 0 Å². The van der Waals surface area contributed by atoms with Gasteiger partial charge in [0.2, 0.25) is 0 Å². The average molecular weight is 1020 g/mol. The van der Waals surface area contributed by atoms with Crippen molar-refractivity contribution < 1.29 is 4.74 Å². The predicted molar refractivity (Wildman–Crippen MR) is 330 cm³/mol. The smallest absolute Gasteiger partial charge is 0.137 e. The van der Waals surface area contributed by atoms with Crippen molar-refractivity contribution in [3.63, 3.8) is 0 Å². The van der Waals surface area contributed by atoms with Gasteiger partial charge in [0.15, 0.2) is 0 Å². The van der Waals surface area contributed by atoms with Gasteiger partial charge in [-0.05, 0) is 159 Å². The molecular formula is C72H82N4O. The molecule has 9 aromatic rings. The van der Waals surface area contributed by atoms with E-state index < -0.39 is 0 Å². The van der Waals surface area contributed by atoms with E-state index >= 15 is 0 Å². The van der Waals surface area contributed by atoms with E-state index in [1.165, 1.54) is 96.1 Å². The summed E-state index contributed by atoms with van der Waals surface area (Å²) in [6.07, 6.45) is 8.48. The van der Waals surface area contributed by atoms with Crippen LogP contribution in [-0.4, -0.2) is 16.2 Å². The zero-order chi connectivity index (χ0) is 54.6. The lowest BCUT2D eigenvalue weighted by molar-refractivity contribution is 0.482. The summed E-state index contributed by atoms with van der Waals surface area (Å²) in [4.78, 5) is 9.97. The Kier molecular flexibility index (Phi) is 14.3. The Labute approximate surface area is 461 Å². The molecule has 0 radical (unpaired) electrons. The lowest BCUT2D eigenvalue weighted by Crippen LogP contribution is -2.25. The van der Waals surface area contributed by atoms with E-state index in [2.05, 4.69) is 257 Å². The number of para-hydroxylation sites is 2. The van der Waals surface area contributed by atoms with E-state index in [1.54, 1.807) is 0 Å². The zero-order valence-electron chi connectivity index (χ0n) is 48.7. The van der Waals surface area contributed by atoms with Gasteiger partial charge in [-0.15, -0.1) is 0 Å². The number of aryl methyl sites for hydroxylation is 2. The molecule has 0 N–H and O–H groups in total. The van der Waals surface area contributed by atoms with Gasteiger partial charge >= 0.3 is 0 Å². The van der Waals surface area contributed by atoms with Crippen LogP contribution in [0.5, 0.6) is 11.5 Å². The summed E-state index contributed by atoms with van der Waals surface area (Å²) in [5.41, 5.74) is 19.6. The van der Waals surface area contributed by atoms with Crippen molar-refractivity contribution >= 4 is 44.6 Å². The molecule has 5 heteroatoms. The Morgan fingerprint density at radius 1 is 0.481 bits per heavy atom. The number of pyridine rings is 1. The highest BCUT2D eigenvalue weighted by molar-refractivity contribution is 6.11. The number of hydrogen-bond donors (Lipinski definition) is 0. The summed E-state index contributed by atoms with van der Waals surface area (Å²) in [5, 5.41) is 2.58. The highest BCUT2D eigenvalue weighted by Crippen LogP contribution is 2.53. The highest BCUT2D eigenvalue weighted by atomic mass is 16.5. The normalized spacial score (nSPS) is 13.3. The van der Waals surface area contributed by atoms with Crippen LogP contribution in [0.3, 0.4) is 0 Å². The van der Waals surface area contributed by atoms with Crippen LogP contribution in [0.15, 0.2) is 158 Å². The van der Waals surface area contributed by atoms with Crippen molar-refractivity contribution in [2.75, 3.05) is 16.5 Å². The fraction of sp³-hybridized carbons (Fsp3) is 0.347. The summed E-state index contributed by atoms with van der Waals surface area (Å²) >= 11 is 0. The monoisotopic (exact) mass is 1020 g/mol. The van der Waals surface area contributed by atoms with Crippen LogP contribution in [0.1, 0.15) is 156 Å². The number of nitrogens with zero attached hydrogens (tertiary/aromatic N) is 4. The Morgan fingerprint density at radius 2 is 1.09 bits per heavy atom. The first-order valence-electron chi connectivity index (χ1n) is 28.5. The average Bonchev–Trinajstić information content (AvgIpc) is 4.09. The fourth-order valence-electron chi connectivity index (χ4n) is 11.2. The van der Waals surface area contributed by atoms with Crippen molar-refractivity contribution in [1.29, 1.82) is 0 Å². The molecule has 1 aliphatic heterocycles. The first-order chi connectivity index (χ1) is 36.6. The first-order valence-corrected chi connectivity index (χ1v) is 28.5. The van der Waals surface area contributed by atoms with Crippen LogP contribution in [-0.2, 0) is 34.5 Å². The van der Waals surface area contributed by atoms with Gasteiger partial charge in [-0.2, -0.15) is 0 Å². The minimum absolute atomic E-state index is 0.0221. The maximum absolute atomic E-state index is 7.11. The highest BCUT2D eigenvalue weighted by Gasteiger charge is 2.34. The van der Waals surface area contributed by atoms with Gasteiger partial charge in [0.05, 0.1) is 28.1 Å². The second kappa shape index (κ2) is 20.7. The SMILES string of the molecule is CCCCc1ccc2c(c1)c1c(CCCC)cc(Oc3cccc(N4CN(c5c(-c6cccc(C(C)(C)C)c6)cc(C(C)(C)C)cc5-c5cc(C(C)(C)C)cc(C(C)(C)C)c5)c5ccccc54)c3)cc1n2-c1ccccn1. The second-order valence-corrected chi connectivity index (χ2v) is 25.9. The maximum atomic E-state index is 7.11. The third kappa shape index (κ3) is 10.8. The molecule has 1 aliphatic rings. The molecule has 0 fully saturated rings. The molecule has 0 atom stereocenters. The first kappa shape index (κ1) is 53.3. The second-order valence-electron chi connectivity index (χ2n) is 25.9. The number of hydrogen-bond acceptors (Lipinski definition) is 4. The summed E-state index contributed by atoms with van der Waals surface area (Å²) in [7, 11) is 0. The van der Waals surface area contributed by atoms with Gasteiger partial charge in [0.25, 0.3) is 0 Å². The molecule has 5 nitrogen and oxygen atoms in total. The summed E-state index contributed by atoms with van der Waals surface area (Å²) in [6.45, 7) is 33.2. The molecule has 396 valence electrons. The number of ether oxygens (including phenoxy) is 1. The fourth-order valence-corrected chi connectivity index (χ4v) is 11.2. The van der Waals surface area contributed by atoms with E-state index in [0.717, 1.165) is 59.9 Å². The van der Waals surface area contributed by atoms with Crippen LogP contribution >= 0.6 is 0 Å². The zero-order valence-corrected chi connectivity index (χ0v) is 48.7. The van der Waals surface area contributed by atoms with Crippen molar-refractivity contribution in [3.8, 4) is 39.6 Å². The van der Waals surface area contributed by atoms with Gasteiger partial charge in [-0.25, -0.2) is 4.98 Å². The molecule has 77 heavy (non-hydrogen) atoms. The minimum atomic E-state index is -0.109. The molecule has 0 bridgehead atoms. The number of fused-ring (bicyclic) bond motifs is 4. The van der Waals surface area contributed by atoms with Gasteiger partial charge in [-0.3, -0.25) is 4.57 Å². The number of aromatic nitrogens is 2. The molecule has 0 saturated heterocycles. The summed E-state index contributed by atoms with van der Waals surface area (Å²) in [5.74, 6) is 2.53. The van der Waals surface area contributed by atoms with Crippen LogP contribution in [0.25, 0.3) is 49.9 Å². The number of unbranched alkanes of at least 4 members (excludes halogenated alkanes) is 2. The molecule has 0 amide bonds. The lowest BCUT2D eigenvalue weighted by Gasteiger charge is -2.32. The number of benzene rings is 7. The van der Waals surface area contributed by atoms with Gasteiger partial charge in [0.1, 0.15) is 24.0 Å². The molecule has 0 aliphatic carbocycles. The number of rotatable bonds is 13. The van der Waals surface area contributed by atoms with Crippen molar-refractivity contribution in [2.45, 2.75) is 157 Å². The topological polar surface area (TPSA) is 33.5 Å². The van der Waals surface area contributed by atoms with Crippen molar-refractivity contribution in [2.24, 2.45) is 0 Å². The standard InChI is InChI=1S/C72H82N4O/c1-15-17-25-48-34-35-62-61(37-48)67-50(26-18-16-2)41-58(46-65(67)76(62)66-33-21-22-36-73-66)77-57-30-24-29-56(45-57)74-47-75(64-32-20-19-31-63(64)74)68-59(49-27-23-28-52(38-49)69(3,4)5)43-55(72(12,13)14)44-60(68)51-39-53(70(6,7)8)42-54(40-51)71(9,10)11/h19-24,27-46H,15-18,25-26,47H2,1-14H3. The molecule has 2 aromatic heterocycles. The van der Waals surface area contributed by atoms with E-state index in [9.17, 15) is 0 Å². The number of anilines is 4. The van der Waals surface area contributed by atoms with Crippen LogP contribution < -0.4 is 14.5 Å². The lowest BCUT2D eigenvalue weighted by atomic mass is 9.77. The van der Waals surface area contributed by atoms with E-state index in [4.69, 9.17) is 9.72 Å². The van der Waals surface area contributed by atoms with Gasteiger partial charge in [0, 0.05) is 45.9 Å². The van der Waals surface area contributed by atoms with E-state index in [0.29, 0.717) is 6.67 Å². The molecule has 0 unspecified atom stereocenters. The minimum Gasteiger partial charge on any atom is -0.457 e. The predicted octanol–water partition coefficient (Wildman–Crippen LogP) is 20.4. The molecular weight excluding hydrogens is 937 g/mol. The summed E-state index contributed by atoms with van der Waals surface area (Å²) < 4.78 is 9.45. The quantitative estimate of drug-likeness (QED) is 0.115. The van der Waals surface area contributed by atoms with Gasteiger partial charge < -0.3 is 14.5 Å². The molecule has 3 heterocycles. The van der Waals surface area contributed by atoms with E-state index in [1.807, 2.05) is 12.3 Å². The Hall–Kier alpha value is -7.11. The third-order valence-corrected chi connectivity index (χ3v) is 15.9. The molecule has 0 saturated carbocycles. The maximum Gasteiger partial charge on any atom is 0.137 e. The van der Waals surface area contributed by atoms with Crippen LogP contribution in [0.4, 0.5) is 22.7 Å². The van der Waals surface area contributed by atoms with Gasteiger partial charge in [-0.1, -0.05) is 183 Å². The van der Waals surface area contributed by atoms with Crippen molar-refractivity contribution in [3.05, 3.63) is 191 Å². The van der Waals surface area contributed by atoms with Crippen LogP contribution in [0.2, 0.25) is 0 Å². The van der Waals surface area contributed by atoms with E-state index in [-0.39, 0.29) is 21.7 Å². The molecule has 10 rings (SSSR count). The molecule has 7 aromatic carbocycles.